The van der Waals surface area contributed by atoms with Gasteiger partial charge in [0.1, 0.15) is 0 Å². The maximum atomic E-state index is 10.8. The van der Waals surface area contributed by atoms with Crippen molar-refractivity contribution >= 4 is 19.7 Å². The van der Waals surface area contributed by atoms with Gasteiger partial charge in [0.05, 0.1) is 11.5 Å². The maximum Gasteiger partial charge on any atom is 0.171 e. The van der Waals surface area contributed by atoms with Crippen LogP contribution in [0.15, 0.2) is 24.0 Å². The van der Waals surface area contributed by atoms with Crippen LogP contribution in [0.1, 0.15) is 6.42 Å². The van der Waals surface area contributed by atoms with Crippen LogP contribution < -0.4 is 0 Å². The predicted octanol–water partition coefficient (Wildman–Crippen LogP) is 0.493. The normalized spacial score (nSPS) is 12.3. The molecule has 0 aliphatic heterocycles. The molecule has 4 nitrogen and oxygen atoms in total. The van der Waals surface area contributed by atoms with Gasteiger partial charge < -0.3 is 0 Å². The van der Waals surface area contributed by atoms with Crippen molar-refractivity contribution in [3.63, 3.8) is 0 Å². The van der Waals surface area contributed by atoms with Gasteiger partial charge >= 0.3 is 0 Å². The van der Waals surface area contributed by atoms with E-state index >= 15 is 0 Å². The molecule has 0 unspecified atom stereocenters. The minimum atomic E-state index is -3.28. The monoisotopic (exact) mass is 224 g/mol. The molecular formula is C7H12O4S2. The van der Waals surface area contributed by atoms with E-state index in [4.69, 9.17) is 0 Å². The van der Waals surface area contributed by atoms with Crippen LogP contribution in [0.5, 0.6) is 0 Å². The van der Waals surface area contributed by atoms with Gasteiger partial charge in [-0.3, -0.25) is 0 Å². The lowest BCUT2D eigenvalue weighted by molar-refractivity contribution is 0.599. The average Bonchev–Trinajstić information content (AvgIpc) is 2.04. The molecule has 0 aromatic rings. The third kappa shape index (κ3) is 5.59. The van der Waals surface area contributed by atoms with Gasteiger partial charge in [-0.15, -0.1) is 0 Å². The van der Waals surface area contributed by atoms with E-state index in [2.05, 4.69) is 13.2 Å². The first-order chi connectivity index (χ1) is 5.83. The van der Waals surface area contributed by atoms with Gasteiger partial charge in [0, 0.05) is 10.8 Å². The van der Waals surface area contributed by atoms with Gasteiger partial charge in [0.15, 0.2) is 19.7 Å². The lowest BCUT2D eigenvalue weighted by atomic mass is 10.6. The maximum absolute atomic E-state index is 10.8. The molecule has 0 amide bonds. The van der Waals surface area contributed by atoms with Crippen LogP contribution in [-0.2, 0) is 19.7 Å². The van der Waals surface area contributed by atoms with Gasteiger partial charge in [-0.05, 0) is 6.42 Å². The SMILES string of the molecule is C=CS(=O)(=O)CCCS(=O)(=O)C=C. The molecule has 0 aromatic carbocycles. The van der Waals surface area contributed by atoms with Gasteiger partial charge in [0.25, 0.3) is 0 Å². The lowest BCUT2D eigenvalue weighted by Crippen LogP contribution is -2.08. The van der Waals surface area contributed by atoms with E-state index in [-0.39, 0.29) is 17.9 Å². The number of hydrogen-bond acceptors (Lipinski definition) is 4. The Morgan fingerprint density at radius 2 is 1.15 bits per heavy atom. The van der Waals surface area contributed by atoms with Crippen LogP contribution in [0.2, 0.25) is 0 Å². The minimum Gasteiger partial charge on any atom is -0.224 e. The Labute approximate surface area is 78.8 Å². The summed E-state index contributed by atoms with van der Waals surface area (Å²) in [5.41, 5.74) is 0. The Kier molecular flexibility index (Phi) is 4.35. The first-order valence-corrected chi connectivity index (χ1v) is 6.96. The van der Waals surface area contributed by atoms with Gasteiger partial charge in [-0.25, -0.2) is 16.8 Å². The zero-order valence-corrected chi connectivity index (χ0v) is 8.77. The second-order valence-electron chi connectivity index (χ2n) is 2.42. The topological polar surface area (TPSA) is 68.3 Å². The number of hydrogen-bond donors (Lipinski definition) is 0. The molecule has 0 aliphatic rings. The summed E-state index contributed by atoms with van der Waals surface area (Å²) in [6.45, 7) is 6.22. The zero-order valence-electron chi connectivity index (χ0n) is 7.14. The molecule has 0 aromatic heterocycles. The summed E-state index contributed by atoms with van der Waals surface area (Å²) in [6.07, 6.45) is 0.0721. The van der Waals surface area contributed by atoms with E-state index in [0.717, 1.165) is 10.8 Å². The van der Waals surface area contributed by atoms with E-state index in [9.17, 15) is 16.8 Å². The van der Waals surface area contributed by atoms with Crippen LogP contribution in [0.3, 0.4) is 0 Å². The van der Waals surface area contributed by atoms with Crippen LogP contribution in [-0.4, -0.2) is 28.3 Å². The summed E-state index contributed by atoms with van der Waals surface area (Å²) < 4.78 is 43.3. The van der Waals surface area contributed by atoms with Crippen molar-refractivity contribution in [3.8, 4) is 0 Å². The highest BCUT2D eigenvalue weighted by molar-refractivity contribution is 7.95. The fraction of sp³-hybridized carbons (Fsp3) is 0.429. The quantitative estimate of drug-likeness (QED) is 0.658. The first-order valence-electron chi connectivity index (χ1n) is 3.53. The first kappa shape index (κ1) is 12.4. The van der Waals surface area contributed by atoms with Crippen molar-refractivity contribution in [3.05, 3.63) is 24.0 Å². The van der Waals surface area contributed by atoms with Gasteiger partial charge in [0.2, 0.25) is 0 Å². The van der Waals surface area contributed by atoms with Crippen molar-refractivity contribution in [1.29, 1.82) is 0 Å². The highest BCUT2D eigenvalue weighted by atomic mass is 32.2. The Hall–Kier alpha value is -0.620. The van der Waals surface area contributed by atoms with E-state index < -0.39 is 19.7 Å². The molecule has 0 fully saturated rings. The molecule has 0 bridgehead atoms. The van der Waals surface area contributed by atoms with Crippen molar-refractivity contribution in [1.82, 2.24) is 0 Å². The second kappa shape index (κ2) is 4.57. The average molecular weight is 224 g/mol. The Morgan fingerprint density at radius 1 is 0.846 bits per heavy atom. The second-order valence-corrected chi connectivity index (χ2v) is 6.56. The van der Waals surface area contributed by atoms with Gasteiger partial charge in [-0.2, -0.15) is 0 Å². The zero-order chi connectivity index (χ0) is 10.5. The minimum absolute atomic E-state index is 0.0721. The highest BCUT2D eigenvalue weighted by Gasteiger charge is 2.09. The van der Waals surface area contributed by atoms with Crippen molar-refractivity contribution in [2.45, 2.75) is 6.42 Å². The summed E-state index contributed by atoms with van der Waals surface area (Å²) in [5.74, 6) is -0.382. The van der Waals surface area contributed by atoms with E-state index in [1.807, 2.05) is 0 Å². The largest absolute Gasteiger partial charge is 0.224 e. The van der Waals surface area contributed by atoms with E-state index in [1.165, 1.54) is 0 Å². The summed E-state index contributed by atoms with van der Waals surface area (Å²) in [7, 11) is -6.57. The molecule has 76 valence electrons. The third-order valence-corrected chi connectivity index (χ3v) is 4.10. The molecule has 0 N–H and O–H groups in total. The van der Waals surface area contributed by atoms with E-state index in [0.29, 0.717) is 0 Å². The molecule has 13 heavy (non-hydrogen) atoms. The lowest BCUT2D eigenvalue weighted by Gasteiger charge is -1.97. The standard InChI is InChI=1S/C7H12O4S2/c1-3-12(8,9)6-5-7-13(10,11)4-2/h3-4H,1-2,5-7H2. The predicted molar refractivity (Wildman–Crippen MR) is 52.6 cm³/mol. The molecule has 0 saturated carbocycles. The van der Waals surface area contributed by atoms with Crippen LogP contribution >= 0.6 is 0 Å². The number of rotatable bonds is 6. The van der Waals surface area contributed by atoms with Crippen molar-refractivity contribution in [2.75, 3.05) is 11.5 Å². The van der Waals surface area contributed by atoms with E-state index in [1.54, 1.807) is 0 Å². The summed E-state index contributed by atoms with van der Waals surface area (Å²) in [6, 6.07) is 0. The molecule has 0 spiro atoms. The molecule has 0 rings (SSSR count). The number of sulfone groups is 2. The summed E-state index contributed by atoms with van der Waals surface area (Å²) >= 11 is 0. The molecule has 0 heterocycles. The Morgan fingerprint density at radius 3 is 1.38 bits per heavy atom. The molecule has 0 saturated heterocycles. The van der Waals surface area contributed by atoms with Crippen molar-refractivity contribution < 1.29 is 16.8 Å². The molecule has 6 heteroatoms. The Balaban J connectivity index is 4.11. The van der Waals surface area contributed by atoms with Crippen LogP contribution in [0.25, 0.3) is 0 Å². The molecular weight excluding hydrogens is 212 g/mol. The smallest absolute Gasteiger partial charge is 0.171 e. The molecule has 0 aliphatic carbocycles. The fourth-order valence-corrected chi connectivity index (χ4v) is 2.24. The summed E-state index contributed by atoms with van der Waals surface area (Å²) in [5, 5.41) is 1.65. The summed E-state index contributed by atoms with van der Waals surface area (Å²) in [4.78, 5) is 0. The van der Waals surface area contributed by atoms with Crippen LogP contribution in [0, 0.1) is 0 Å². The van der Waals surface area contributed by atoms with Crippen LogP contribution in [0.4, 0.5) is 0 Å². The molecule has 0 atom stereocenters. The highest BCUT2D eigenvalue weighted by Crippen LogP contribution is 1.99. The van der Waals surface area contributed by atoms with Gasteiger partial charge in [-0.1, -0.05) is 13.2 Å². The molecule has 0 radical (unpaired) electrons. The van der Waals surface area contributed by atoms with Crippen molar-refractivity contribution in [2.24, 2.45) is 0 Å². The Bertz CT molecular complexity index is 337. The fourth-order valence-electron chi connectivity index (χ4n) is 0.628. The third-order valence-electron chi connectivity index (χ3n) is 1.37.